The van der Waals surface area contributed by atoms with Crippen molar-refractivity contribution in [3.8, 4) is 0 Å². The fourth-order valence-electron chi connectivity index (χ4n) is 1.27. The van der Waals surface area contributed by atoms with E-state index in [9.17, 15) is 0 Å². The van der Waals surface area contributed by atoms with Crippen LogP contribution in [0.15, 0.2) is 0 Å². The number of hydrogen-bond donors (Lipinski definition) is 1. The number of hydrogen-bond acceptors (Lipinski definition) is 2. The van der Waals surface area contributed by atoms with Gasteiger partial charge in [-0.15, -0.1) is 0 Å². The fraction of sp³-hybridized carbons (Fsp3) is 1.00. The zero-order valence-electron chi connectivity index (χ0n) is 9.28. The number of likely N-dealkylation sites (N-methyl/N-ethyl adjacent to an activating group) is 2. The highest BCUT2D eigenvalue weighted by atomic mass is 15.2. The van der Waals surface area contributed by atoms with Crippen LogP contribution < -0.4 is 5.32 Å². The first-order valence-corrected chi connectivity index (χ1v) is 5.10. The van der Waals surface area contributed by atoms with E-state index < -0.39 is 0 Å². The van der Waals surface area contributed by atoms with Gasteiger partial charge < -0.3 is 10.2 Å². The lowest BCUT2D eigenvalue weighted by Gasteiger charge is -2.21. The zero-order chi connectivity index (χ0) is 9.61. The Morgan fingerprint density at radius 3 is 2.08 bits per heavy atom. The van der Waals surface area contributed by atoms with Gasteiger partial charge in [-0.3, -0.25) is 0 Å². The van der Waals surface area contributed by atoms with Gasteiger partial charge in [0.15, 0.2) is 0 Å². The Hall–Kier alpha value is -0.0800. The largest absolute Gasteiger partial charge is 0.313 e. The summed E-state index contributed by atoms with van der Waals surface area (Å²) in [5.41, 5.74) is 0.491. The molecule has 12 heavy (non-hydrogen) atoms. The van der Waals surface area contributed by atoms with Gasteiger partial charge in [0.05, 0.1) is 0 Å². The van der Waals surface area contributed by atoms with Crippen LogP contribution in [-0.2, 0) is 0 Å². The topological polar surface area (TPSA) is 15.3 Å². The Kier molecular flexibility index (Phi) is 5.51. The molecule has 1 aliphatic carbocycles. The maximum absolute atomic E-state index is 3.38. The Bertz CT molecular complexity index is 108. The summed E-state index contributed by atoms with van der Waals surface area (Å²) in [6.07, 6.45) is 2.71. The highest BCUT2D eigenvalue weighted by Crippen LogP contribution is 2.35. The zero-order valence-corrected chi connectivity index (χ0v) is 9.28. The van der Waals surface area contributed by atoms with Crippen LogP contribution in [0.2, 0.25) is 0 Å². The van der Waals surface area contributed by atoms with E-state index in [1.807, 2.05) is 13.8 Å². The molecule has 0 atom stereocenters. The second kappa shape index (κ2) is 5.55. The lowest BCUT2D eigenvalue weighted by Crippen LogP contribution is -2.39. The first-order chi connectivity index (χ1) is 5.72. The standard InChI is InChI=1S/C8H18N2.C2H6/c1-4-10(3)7-8(9-2)5-6-8;1-2/h9H,4-7H2,1-3H3;1-2H3. The van der Waals surface area contributed by atoms with Gasteiger partial charge in [0, 0.05) is 12.1 Å². The molecule has 1 saturated carbocycles. The molecule has 0 aliphatic heterocycles. The number of nitrogens with zero attached hydrogens (tertiary/aromatic N) is 1. The molecule has 1 fully saturated rings. The van der Waals surface area contributed by atoms with Gasteiger partial charge in [0.1, 0.15) is 0 Å². The Morgan fingerprint density at radius 1 is 1.33 bits per heavy atom. The lowest BCUT2D eigenvalue weighted by molar-refractivity contribution is 0.298. The minimum absolute atomic E-state index is 0.491. The third-order valence-corrected chi connectivity index (χ3v) is 2.50. The summed E-state index contributed by atoms with van der Waals surface area (Å²) >= 11 is 0. The molecule has 0 aromatic carbocycles. The van der Waals surface area contributed by atoms with Gasteiger partial charge in [-0.1, -0.05) is 20.8 Å². The van der Waals surface area contributed by atoms with Crippen LogP contribution in [0.5, 0.6) is 0 Å². The van der Waals surface area contributed by atoms with Crippen molar-refractivity contribution >= 4 is 0 Å². The van der Waals surface area contributed by atoms with E-state index in [-0.39, 0.29) is 0 Å². The number of rotatable bonds is 4. The quantitative estimate of drug-likeness (QED) is 0.694. The summed E-state index contributed by atoms with van der Waals surface area (Å²) in [5, 5.41) is 3.38. The summed E-state index contributed by atoms with van der Waals surface area (Å²) in [4.78, 5) is 2.36. The summed E-state index contributed by atoms with van der Waals surface area (Å²) in [6, 6.07) is 0. The first-order valence-electron chi connectivity index (χ1n) is 5.10. The van der Waals surface area contributed by atoms with Crippen molar-refractivity contribution in [2.75, 3.05) is 27.2 Å². The van der Waals surface area contributed by atoms with E-state index >= 15 is 0 Å². The van der Waals surface area contributed by atoms with Crippen LogP contribution in [-0.4, -0.2) is 37.6 Å². The van der Waals surface area contributed by atoms with Crippen molar-refractivity contribution in [2.24, 2.45) is 0 Å². The molecular formula is C10H24N2. The lowest BCUT2D eigenvalue weighted by atomic mass is 10.2. The molecule has 2 nitrogen and oxygen atoms in total. The van der Waals surface area contributed by atoms with Crippen molar-refractivity contribution in [1.82, 2.24) is 10.2 Å². The van der Waals surface area contributed by atoms with Crippen molar-refractivity contribution in [3.05, 3.63) is 0 Å². The van der Waals surface area contributed by atoms with Gasteiger partial charge in [-0.05, 0) is 33.5 Å². The Balaban J connectivity index is 0.000000561. The maximum atomic E-state index is 3.38. The van der Waals surface area contributed by atoms with Crippen molar-refractivity contribution in [1.29, 1.82) is 0 Å². The molecule has 0 aromatic rings. The molecule has 0 aromatic heterocycles. The van der Waals surface area contributed by atoms with Crippen molar-refractivity contribution in [3.63, 3.8) is 0 Å². The minimum atomic E-state index is 0.491. The van der Waals surface area contributed by atoms with Gasteiger partial charge in [-0.25, -0.2) is 0 Å². The van der Waals surface area contributed by atoms with Crippen LogP contribution >= 0.6 is 0 Å². The van der Waals surface area contributed by atoms with Gasteiger partial charge in [0.2, 0.25) is 0 Å². The summed E-state index contributed by atoms with van der Waals surface area (Å²) in [6.45, 7) is 8.56. The summed E-state index contributed by atoms with van der Waals surface area (Å²) < 4.78 is 0. The molecule has 0 bridgehead atoms. The van der Waals surface area contributed by atoms with Crippen molar-refractivity contribution in [2.45, 2.75) is 39.2 Å². The number of nitrogens with one attached hydrogen (secondary N) is 1. The highest BCUT2D eigenvalue weighted by Gasteiger charge is 2.41. The van der Waals surface area contributed by atoms with E-state index in [4.69, 9.17) is 0 Å². The molecular weight excluding hydrogens is 148 g/mol. The van der Waals surface area contributed by atoms with E-state index in [2.05, 4.69) is 31.2 Å². The second-order valence-electron chi connectivity index (χ2n) is 3.36. The molecule has 0 heterocycles. The summed E-state index contributed by atoms with van der Waals surface area (Å²) in [7, 11) is 4.24. The second-order valence-corrected chi connectivity index (χ2v) is 3.36. The van der Waals surface area contributed by atoms with Crippen LogP contribution in [0.3, 0.4) is 0 Å². The molecule has 0 radical (unpaired) electrons. The van der Waals surface area contributed by atoms with Crippen LogP contribution in [0, 0.1) is 0 Å². The minimum Gasteiger partial charge on any atom is -0.313 e. The van der Waals surface area contributed by atoms with Gasteiger partial charge in [-0.2, -0.15) is 0 Å². The maximum Gasteiger partial charge on any atom is 0.0307 e. The molecule has 1 aliphatic rings. The van der Waals surface area contributed by atoms with Crippen LogP contribution in [0.25, 0.3) is 0 Å². The molecule has 0 saturated heterocycles. The molecule has 2 heteroatoms. The molecule has 1 rings (SSSR count). The predicted octanol–water partition coefficient (Wildman–Crippen LogP) is 1.72. The molecule has 74 valence electrons. The van der Waals surface area contributed by atoms with E-state index in [1.165, 1.54) is 19.4 Å². The van der Waals surface area contributed by atoms with E-state index in [0.29, 0.717) is 5.54 Å². The highest BCUT2D eigenvalue weighted by molar-refractivity contribution is 5.02. The third kappa shape index (κ3) is 3.55. The van der Waals surface area contributed by atoms with Gasteiger partial charge in [0.25, 0.3) is 0 Å². The van der Waals surface area contributed by atoms with Crippen LogP contribution in [0.4, 0.5) is 0 Å². The Morgan fingerprint density at radius 2 is 1.83 bits per heavy atom. The molecule has 1 N–H and O–H groups in total. The smallest absolute Gasteiger partial charge is 0.0307 e. The average molecular weight is 172 g/mol. The van der Waals surface area contributed by atoms with E-state index in [1.54, 1.807) is 0 Å². The SMILES string of the molecule is CC.CCN(C)CC1(NC)CC1. The summed E-state index contributed by atoms with van der Waals surface area (Å²) in [5.74, 6) is 0. The fourth-order valence-corrected chi connectivity index (χ4v) is 1.27. The Labute approximate surface area is 77.3 Å². The molecule has 0 spiro atoms. The first kappa shape index (κ1) is 11.9. The monoisotopic (exact) mass is 172 g/mol. The van der Waals surface area contributed by atoms with Crippen LogP contribution in [0.1, 0.15) is 33.6 Å². The third-order valence-electron chi connectivity index (χ3n) is 2.50. The van der Waals surface area contributed by atoms with Crippen molar-refractivity contribution < 1.29 is 0 Å². The van der Waals surface area contributed by atoms with E-state index in [0.717, 1.165) is 6.54 Å². The van der Waals surface area contributed by atoms with Gasteiger partial charge >= 0.3 is 0 Å². The predicted molar refractivity (Wildman–Crippen MR) is 55.5 cm³/mol. The molecule has 0 unspecified atom stereocenters. The molecule has 0 amide bonds. The average Bonchev–Trinajstić information content (AvgIpc) is 2.89. The normalized spacial score (nSPS) is 18.5.